The number of primary amides is 2. The lowest BCUT2D eigenvalue weighted by molar-refractivity contribution is 0.236. The first-order valence-electron chi connectivity index (χ1n) is 1.99. The van der Waals surface area contributed by atoms with Crippen molar-refractivity contribution in [3.8, 4) is 0 Å². The molecule has 4 amide bonds. The Balaban J connectivity index is 0. The summed E-state index contributed by atoms with van der Waals surface area (Å²) < 4.78 is 0. The lowest BCUT2D eigenvalue weighted by Gasteiger charge is -1.88. The molecule has 0 bridgehead atoms. The summed E-state index contributed by atoms with van der Waals surface area (Å²) in [4.78, 5) is 19.2. The van der Waals surface area contributed by atoms with Gasteiger partial charge in [0.2, 0.25) is 0 Å². The molecule has 0 atom stereocenters. The van der Waals surface area contributed by atoms with Gasteiger partial charge in [-0.2, -0.15) is 0 Å². The normalized spacial score (nSPS) is 6.00. The zero-order chi connectivity index (χ0) is 8.57. The summed E-state index contributed by atoms with van der Waals surface area (Å²) in [6.45, 7) is 0. The Kier molecular flexibility index (Phi) is 7.83. The monoisotopic (exact) mass is 145 g/mol. The van der Waals surface area contributed by atoms with Crippen molar-refractivity contribution in [1.82, 2.24) is 5.32 Å². The van der Waals surface area contributed by atoms with E-state index in [4.69, 9.17) is 10.8 Å². The molecule has 10 heavy (non-hydrogen) atoms. The summed E-state index contributed by atoms with van der Waals surface area (Å²) in [6, 6.07) is -0.625. The van der Waals surface area contributed by atoms with Crippen molar-refractivity contribution in [2.24, 2.45) is 11.5 Å². The zero-order valence-corrected chi connectivity index (χ0v) is 4.97. The van der Waals surface area contributed by atoms with Crippen molar-refractivity contribution in [1.29, 1.82) is 10.8 Å². The minimum absolute atomic E-state index is 0.937. The fraction of sp³-hybridized carbons (Fsp3) is 0. The van der Waals surface area contributed by atoms with Crippen LogP contribution in [0, 0.1) is 10.8 Å². The maximum absolute atomic E-state index is 9.62. The van der Waals surface area contributed by atoms with Gasteiger partial charge in [-0.15, -0.1) is 0 Å². The van der Waals surface area contributed by atoms with E-state index in [1.807, 2.05) is 0 Å². The molecule has 7 nitrogen and oxygen atoms in total. The number of nitrogens with two attached hydrogens (primary N) is 2. The van der Waals surface area contributed by atoms with Gasteiger partial charge in [-0.1, -0.05) is 0 Å². The highest BCUT2D eigenvalue weighted by atomic mass is 16.2. The van der Waals surface area contributed by atoms with E-state index < -0.39 is 12.1 Å². The number of carbonyl (C=O) groups excluding carboxylic acids is 2. The Morgan fingerprint density at radius 2 is 1.40 bits per heavy atom. The third-order valence-corrected chi connectivity index (χ3v) is 0.246. The number of rotatable bonds is 0. The highest BCUT2D eigenvalue weighted by molar-refractivity contribution is 5.91. The Labute approximate surface area is 56.4 Å². The fourth-order valence-electron chi connectivity index (χ4n) is 0.121. The Bertz CT molecular complexity index is 146. The number of urea groups is 2. The maximum atomic E-state index is 9.62. The number of hydrogen-bond donors (Lipinski definition) is 5. The maximum Gasteiger partial charge on any atom is 0.320 e. The van der Waals surface area contributed by atoms with E-state index in [1.54, 1.807) is 5.32 Å². The number of amides is 4. The van der Waals surface area contributed by atoms with Crippen LogP contribution in [0.25, 0.3) is 0 Å². The highest BCUT2D eigenvalue weighted by Gasteiger charge is 1.92. The van der Waals surface area contributed by atoms with Gasteiger partial charge < -0.3 is 11.5 Å². The lowest BCUT2D eigenvalue weighted by Crippen LogP contribution is -2.38. The highest BCUT2D eigenvalue weighted by Crippen LogP contribution is 1.51. The number of hydrogen-bond acceptors (Lipinski definition) is 4. The Hall–Kier alpha value is -1.88. The van der Waals surface area contributed by atoms with Crippen molar-refractivity contribution in [3.63, 3.8) is 0 Å². The van der Waals surface area contributed by atoms with Crippen molar-refractivity contribution in [2.75, 3.05) is 0 Å². The number of carbonyl (C=O) groups is 2. The lowest BCUT2D eigenvalue weighted by atomic mass is 10.9. The molecule has 0 aromatic rings. The molecular formula is C3H7N5O2. The van der Waals surface area contributed by atoms with Crippen LogP contribution in [0.5, 0.6) is 0 Å². The molecule has 0 spiro atoms. The second kappa shape index (κ2) is 7.12. The standard InChI is InChI=1S/C2H5N3O2.CH2N2/c3-1(6)5-2(4)7;2-1-3/h(H5,3,4,5,6,7);2-3H. The molecule has 0 radical (unpaired) electrons. The largest absolute Gasteiger partial charge is 0.351 e. The predicted molar refractivity (Wildman–Crippen MR) is 32.7 cm³/mol. The van der Waals surface area contributed by atoms with E-state index in [1.165, 1.54) is 6.01 Å². The Morgan fingerprint density at radius 3 is 1.40 bits per heavy atom. The van der Waals surface area contributed by atoms with Crippen molar-refractivity contribution < 1.29 is 9.59 Å². The molecule has 0 saturated carbocycles. The summed E-state index contributed by atoms with van der Waals surface area (Å²) in [6.07, 6.45) is 0. The molecule has 0 rings (SSSR count). The molecule has 0 aliphatic heterocycles. The van der Waals surface area contributed by atoms with Gasteiger partial charge in [0, 0.05) is 0 Å². The van der Waals surface area contributed by atoms with Gasteiger partial charge in [0.15, 0.2) is 0 Å². The van der Waals surface area contributed by atoms with Crippen LogP contribution >= 0.6 is 0 Å². The van der Waals surface area contributed by atoms with Crippen molar-refractivity contribution in [3.05, 3.63) is 0 Å². The average Bonchev–Trinajstić information content (AvgIpc) is 1.62. The quantitative estimate of drug-likeness (QED) is 0.280. The number of imide groups is 1. The summed E-state index contributed by atoms with van der Waals surface area (Å²) in [5, 5.41) is 12.8. The van der Waals surface area contributed by atoms with Crippen LogP contribution in [0.1, 0.15) is 0 Å². The van der Waals surface area contributed by atoms with E-state index >= 15 is 0 Å². The van der Waals surface area contributed by atoms with Crippen LogP contribution in [-0.2, 0) is 0 Å². The first-order chi connectivity index (χ1) is 4.54. The fourth-order valence-corrected chi connectivity index (χ4v) is 0.121. The zero-order valence-electron chi connectivity index (χ0n) is 4.97. The first kappa shape index (κ1) is 11.0. The minimum Gasteiger partial charge on any atom is -0.351 e. The van der Waals surface area contributed by atoms with Gasteiger partial charge in [0.1, 0.15) is 0 Å². The molecule has 7 N–H and O–H groups in total. The van der Waals surface area contributed by atoms with Gasteiger partial charge in [-0.25, -0.2) is 20.4 Å². The van der Waals surface area contributed by atoms with E-state index in [0.717, 1.165) is 0 Å². The first-order valence-corrected chi connectivity index (χ1v) is 1.99. The average molecular weight is 145 g/mol. The third-order valence-electron chi connectivity index (χ3n) is 0.246. The molecule has 0 saturated heterocycles. The van der Waals surface area contributed by atoms with E-state index in [0.29, 0.717) is 0 Å². The summed E-state index contributed by atoms with van der Waals surface area (Å²) >= 11 is 0. The van der Waals surface area contributed by atoms with Gasteiger partial charge in [0.25, 0.3) is 0 Å². The molecule has 56 valence electrons. The second-order valence-electron chi connectivity index (χ2n) is 0.979. The third kappa shape index (κ3) is 35.7. The number of nitrogens with one attached hydrogen (secondary N) is 3. The smallest absolute Gasteiger partial charge is 0.320 e. The van der Waals surface area contributed by atoms with Crippen LogP contribution in [0.2, 0.25) is 0 Å². The van der Waals surface area contributed by atoms with E-state index in [9.17, 15) is 9.59 Å². The predicted octanol–water partition coefficient (Wildman–Crippen LogP) is -0.949. The van der Waals surface area contributed by atoms with Gasteiger partial charge in [0.05, 0.1) is 6.01 Å². The summed E-state index contributed by atoms with van der Waals surface area (Å²) in [5.41, 5.74) is 8.88. The van der Waals surface area contributed by atoms with E-state index in [-0.39, 0.29) is 0 Å². The minimum atomic E-state index is -0.938. The second-order valence-corrected chi connectivity index (χ2v) is 0.979. The molecule has 0 unspecified atom stereocenters. The van der Waals surface area contributed by atoms with Gasteiger partial charge >= 0.3 is 12.1 Å². The van der Waals surface area contributed by atoms with Crippen molar-refractivity contribution >= 4 is 18.1 Å². The summed E-state index contributed by atoms with van der Waals surface area (Å²) in [5.74, 6) is 0. The van der Waals surface area contributed by atoms with Crippen LogP contribution in [0.15, 0.2) is 0 Å². The molecule has 0 aromatic heterocycles. The van der Waals surface area contributed by atoms with Crippen molar-refractivity contribution in [2.45, 2.75) is 0 Å². The van der Waals surface area contributed by atoms with E-state index in [2.05, 4.69) is 11.5 Å². The Morgan fingerprint density at radius 1 is 1.20 bits per heavy atom. The van der Waals surface area contributed by atoms with Crippen LogP contribution in [-0.4, -0.2) is 18.1 Å². The van der Waals surface area contributed by atoms with Crippen LogP contribution in [0.3, 0.4) is 0 Å². The molecule has 7 heteroatoms. The van der Waals surface area contributed by atoms with Crippen LogP contribution in [0.4, 0.5) is 9.59 Å². The molecule has 0 fully saturated rings. The summed E-state index contributed by atoms with van der Waals surface area (Å²) in [7, 11) is 0. The van der Waals surface area contributed by atoms with Gasteiger partial charge in [-0.05, 0) is 0 Å². The molecule has 0 heterocycles. The molecule has 0 aliphatic rings. The molecule has 0 aliphatic carbocycles. The van der Waals surface area contributed by atoms with Gasteiger partial charge in [-0.3, -0.25) is 5.32 Å². The van der Waals surface area contributed by atoms with Crippen LogP contribution < -0.4 is 16.8 Å². The SMILES string of the molecule is N=C=N.NC(=O)NC(N)=O. The molecular weight excluding hydrogens is 138 g/mol. The molecule has 0 aromatic carbocycles. The topological polar surface area (TPSA) is 146 Å².